The zero-order valence-electron chi connectivity index (χ0n) is 13.6. The zero-order chi connectivity index (χ0) is 16.7. The number of nitrogens with zero attached hydrogens (tertiary/aromatic N) is 3. The van der Waals surface area contributed by atoms with Crippen LogP contribution in [0.4, 0.5) is 4.39 Å². The van der Waals surface area contributed by atoms with Gasteiger partial charge in [0, 0.05) is 38.3 Å². The van der Waals surface area contributed by atoms with Crippen molar-refractivity contribution >= 4 is 5.91 Å². The average Bonchev–Trinajstić information content (AvgIpc) is 3.24. The van der Waals surface area contributed by atoms with Crippen LogP contribution in [0.2, 0.25) is 0 Å². The molecule has 0 bridgehead atoms. The number of carbonyl (C=O) groups excluding carboxylic acids is 1. The second-order valence-corrected chi connectivity index (χ2v) is 6.67. The van der Waals surface area contributed by atoms with Crippen LogP contribution in [0.15, 0.2) is 36.5 Å². The van der Waals surface area contributed by atoms with Gasteiger partial charge >= 0.3 is 0 Å². The molecule has 126 valence electrons. The highest BCUT2D eigenvalue weighted by Crippen LogP contribution is 2.40. The van der Waals surface area contributed by atoms with Crippen LogP contribution < -0.4 is 4.74 Å². The van der Waals surface area contributed by atoms with E-state index < -0.39 is 0 Å². The molecule has 1 aromatic carbocycles. The van der Waals surface area contributed by atoms with Crippen molar-refractivity contribution < 1.29 is 13.9 Å². The monoisotopic (exact) mass is 329 g/mol. The molecule has 2 heterocycles. The van der Waals surface area contributed by atoms with Crippen LogP contribution in [0.3, 0.4) is 0 Å². The number of hydrogen-bond donors (Lipinski definition) is 0. The molecule has 5 nitrogen and oxygen atoms in total. The number of rotatable bonds is 3. The van der Waals surface area contributed by atoms with E-state index >= 15 is 0 Å². The maximum atomic E-state index is 13.3. The van der Waals surface area contributed by atoms with E-state index in [0.29, 0.717) is 29.8 Å². The zero-order valence-corrected chi connectivity index (χ0v) is 13.6. The van der Waals surface area contributed by atoms with Gasteiger partial charge in [-0.25, -0.2) is 4.39 Å². The first-order valence-corrected chi connectivity index (χ1v) is 8.31. The van der Waals surface area contributed by atoms with Gasteiger partial charge in [-0.1, -0.05) is 6.07 Å². The summed E-state index contributed by atoms with van der Waals surface area (Å²) in [6, 6.07) is 8.01. The van der Waals surface area contributed by atoms with Crippen LogP contribution in [-0.4, -0.2) is 39.8 Å². The summed E-state index contributed by atoms with van der Waals surface area (Å²) >= 11 is 0. The van der Waals surface area contributed by atoms with Gasteiger partial charge in [0.05, 0.1) is 0 Å². The van der Waals surface area contributed by atoms with Crippen molar-refractivity contribution in [1.82, 2.24) is 14.7 Å². The molecular formula is C18H20FN3O2. The number of carbonyl (C=O) groups is 1. The van der Waals surface area contributed by atoms with E-state index in [1.165, 1.54) is 12.1 Å². The summed E-state index contributed by atoms with van der Waals surface area (Å²) in [4.78, 5) is 14.5. The van der Waals surface area contributed by atoms with E-state index in [-0.39, 0.29) is 17.8 Å². The summed E-state index contributed by atoms with van der Waals surface area (Å²) in [5.41, 5.74) is 0.609. The van der Waals surface area contributed by atoms with E-state index in [1.54, 1.807) is 36.1 Å². The van der Waals surface area contributed by atoms with Crippen molar-refractivity contribution in [2.24, 2.45) is 18.9 Å². The van der Waals surface area contributed by atoms with Crippen molar-refractivity contribution in [3.63, 3.8) is 0 Å². The quantitative estimate of drug-likeness (QED) is 0.869. The molecule has 0 radical (unpaired) electrons. The van der Waals surface area contributed by atoms with Crippen LogP contribution in [0, 0.1) is 17.7 Å². The highest BCUT2D eigenvalue weighted by atomic mass is 19.1. The third-order valence-electron chi connectivity index (χ3n) is 5.20. The van der Waals surface area contributed by atoms with Gasteiger partial charge in [0.25, 0.3) is 5.91 Å². The number of halogens is 1. The van der Waals surface area contributed by atoms with Crippen LogP contribution >= 0.6 is 0 Å². The lowest BCUT2D eigenvalue weighted by molar-refractivity contribution is 0.0751. The molecule has 2 fully saturated rings. The van der Waals surface area contributed by atoms with Gasteiger partial charge < -0.3 is 9.64 Å². The number of amides is 1. The Hall–Kier alpha value is -2.37. The van der Waals surface area contributed by atoms with Gasteiger partial charge in [-0.15, -0.1) is 0 Å². The second-order valence-electron chi connectivity index (χ2n) is 6.67. The molecule has 2 aromatic rings. The molecule has 1 saturated heterocycles. The van der Waals surface area contributed by atoms with E-state index in [1.807, 2.05) is 4.90 Å². The SMILES string of the molecule is Cn1nccc1C(=O)N1C[C@@H]2CC[C@H](Oc3cccc(F)c3)[C@@H]2C1. The van der Waals surface area contributed by atoms with E-state index in [9.17, 15) is 9.18 Å². The van der Waals surface area contributed by atoms with Gasteiger partial charge in [-0.2, -0.15) is 5.10 Å². The highest BCUT2D eigenvalue weighted by molar-refractivity contribution is 5.92. The van der Waals surface area contributed by atoms with Crippen LogP contribution in [-0.2, 0) is 7.05 Å². The Balaban J connectivity index is 1.45. The molecule has 0 spiro atoms. The first kappa shape index (κ1) is 15.2. The summed E-state index contributed by atoms with van der Waals surface area (Å²) < 4.78 is 21.0. The Labute approximate surface area is 140 Å². The lowest BCUT2D eigenvalue weighted by Gasteiger charge is -2.22. The van der Waals surface area contributed by atoms with Gasteiger partial charge in [0.1, 0.15) is 23.4 Å². The van der Waals surface area contributed by atoms with E-state index in [2.05, 4.69) is 5.10 Å². The maximum absolute atomic E-state index is 13.3. The van der Waals surface area contributed by atoms with Crippen LogP contribution in [0.25, 0.3) is 0 Å². The molecule has 2 aliphatic rings. The van der Waals surface area contributed by atoms with Crippen molar-refractivity contribution in [3.05, 3.63) is 48.0 Å². The molecule has 24 heavy (non-hydrogen) atoms. The van der Waals surface area contributed by atoms with Crippen molar-refractivity contribution in [1.29, 1.82) is 0 Å². The Morgan fingerprint density at radius 3 is 2.92 bits per heavy atom. The summed E-state index contributed by atoms with van der Waals surface area (Å²) in [7, 11) is 1.78. The second kappa shape index (κ2) is 5.92. The molecule has 1 aliphatic heterocycles. The Morgan fingerprint density at radius 2 is 2.17 bits per heavy atom. The Bertz CT molecular complexity index is 760. The largest absolute Gasteiger partial charge is 0.490 e. The first-order chi connectivity index (χ1) is 11.6. The molecular weight excluding hydrogens is 309 g/mol. The standard InChI is InChI=1S/C18H20FN3O2/c1-21-16(7-8-20-21)18(23)22-10-12-5-6-17(15(12)11-22)24-14-4-2-3-13(19)9-14/h2-4,7-9,12,15,17H,5-6,10-11H2,1H3/t12-,15+,17-/m0/s1. The lowest BCUT2D eigenvalue weighted by Crippen LogP contribution is -2.33. The van der Waals surface area contributed by atoms with Gasteiger partial charge in [-0.3, -0.25) is 9.48 Å². The highest BCUT2D eigenvalue weighted by Gasteiger charge is 2.45. The minimum Gasteiger partial charge on any atom is -0.490 e. The smallest absolute Gasteiger partial charge is 0.272 e. The van der Waals surface area contributed by atoms with E-state index in [4.69, 9.17) is 4.74 Å². The van der Waals surface area contributed by atoms with Gasteiger partial charge in [-0.05, 0) is 37.0 Å². The van der Waals surface area contributed by atoms with Crippen LogP contribution in [0.5, 0.6) is 5.75 Å². The predicted octanol–water partition coefficient (Wildman–Crippen LogP) is 2.49. The average molecular weight is 329 g/mol. The molecule has 1 aromatic heterocycles. The molecule has 1 aliphatic carbocycles. The van der Waals surface area contributed by atoms with Crippen molar-refractivity contribution in [2.45, 2.75) is 18.9 Å². The van der Waals surface area contributed by atoms with E-state index in [0.717, 1.165) is 19.4 Å². The minimum absolute atomic E-state index is 0.0221. The number of likely N-dealkylation sites (tertiary alicyclic amines) is 1. The number of ether oxygens (including phenoxy) is 1. The molecule has 0 unspecified atom stereocenters. The van der Waals surface area contributed by atoms with Crippen molar-refractivity contribution in [3.8, 4) is 5.75 Å². The molecule has 1 amide bonds. The predicted molar refractivity (Wildman–Crippen MR) is 86.1 cm³/mol. The lowest BCUT2D eigenvalue weighted by atomic mass is 9.99. The third kappa shape index (κ3) is 2.66. The molecule has 3 atom stereocenters. The topological polar surface area (TPSA) is 47.4 Å². The summed E-state index contributed by atoms with van der Waals surface area (Å²) in [6.07, 6.45) is 3.68. The minimum atomic E-state index is -0.290. The van der Waals surface area contributed by atoms with Crippen molar-refractivity contribution in [2.75, 3.05) is 13.1 Å². The third-order valence-corrected chi connectivity index (χ3v) is 5.20. The summed E-state index contributed by atoms with van der Waals surface area (Å²) in [6.45, 7) is 1.45. The number of fused-ring (bicyclic) bond motifs is 1. The van der Waals surface area contributed by atoms with Gasteiger partial charge in [0.15, 0.2) is 0 Å². The fourth-order valence-electron chi connectivity index (χ4n) is 3.99. The molecule has 4 rings (SSSR count). The first-order valence-electron chi connectivity index (χ1n) is 8.31. The number of aromatic nitrogens is 2. The molecule has 6 heteroatoms. The van der Waals surface area contributed by atoms with Gasteiger partial charge in [0.2, 0.25) is 0 Å². The fourth-order valence-corrected chi connectivity index (χ4v) is 3.99. The summed E-state index contributed by atoms with van der Waals surface area (Å²) in [5, 5.41) is 4.07. The Kier molecular flexibility index (Phi) is 3.75. The Morgan fingerprint density at radius 1 is 1.29 bits per heavy atom. The maximum Gasteiger partial charge on any atom is 0.272 e. The summed E-state index contributed by atoms with van der Waals surface area (Å²) in [5.74, 6) is 1.07. The molecule has 0 N–H and O–H groups in total. The fraction of sp³-hybridized carbons (Fsp3) is 0.444. The number of benzene rings is 1. The molecule has 1 saturated carbocycles. The number of hydrogen-bond acceptors (Lipinski definition) is 3. The van der Waals surface area contributed by atoms with Crippen LogP contribution in [0.1, 0.15) is 23.3 Å². The number of aryl methyl sites for hydroxylation is 1. The normalized spacial score (nSPS) is 25.8.